The lowest BCUT2D eigenvalue weighted by Crippen LogP contribution is -2.54. The normalized spacial score (nSPS) is 21.3. The molecule has 0 spiro atoms. The van der Waals surface area contributed by atoms with E-state index in [9.17, 15) is 4.79 Å². The van der Waals surface area contributed by atoms with Crippen molar-refractivity contribution in [1.82, 2.24) is 4.90 Å². The maximum atomic E-state index is 12.9. The van der Waals surface area contributed by atoms with Gasteiger partial charge in [0.05, 0.1) is 0 Å². The Morgan fingerprint density at radius 3 is 2.73 bits per heavy atom. The molecule has 22 heavy (non-hydrogen) atoms. The van der Waals surface area contributed by atoms with Gasteiger partial charge in [0.2, 0.25) is 0 Å². The first-order valence-corrected chi connectivity index (χ1v) is 7.85. The minimum absolute atomic E-state index is 0.0203. The summed E-state index contributed by atoms with van der Waals surface area (Å²) in [6.07, 6.45) is 0.830. The zero-order valence-corrected chi connectivity index (χ0v) is 13.8. The summed E-state index contributed by atoms with van der Waals surface area (Å²) < 4.78 is 5.92. The van der Waals surface area contributed by atoms with Gasteiger partial charge in [-0.15, -0.1) is 0 Å². The van der Waals surface area contributed by atoms with Gasteiger partial charge in [-0.1, -0.05) is 32.0 Å². The molecule has 1 fully saturated rings. The van der Waals surface area contributed by atoms with Crippen molar-refractivity contribution >= 4 is 16.9 Å². The highest BCUT2D eigenvalue weighted by Gasteiger charge is 2.37. The summed E-state index contributed by atoms with van der Waals surface area (Å²) in [5.41, 5.74) is 8.90. The fourth-order valence-electron chi connectivity index (χ4n) is 3.28. The fourth-order valence-corrected chi connectivity index (χ4v) is 3.28. The first-order chi connectivity index (χ1) is 10.3. The number of rotatable bonds is 1. The lowest BCUT2D eigenvalue weighted by molar-refractivity contribution is 0.0504. The second-order valence-electron chi connectivity index (χ2n) is 7.12. The van der Waals surface area contributed by atoms with Gasteiger partial charge in [-0.05, 0) is 31.2 Å². The van der Waals surface area contributed by atoms with Crippen LogP contribution in [0, 0.1) is 19.3 Å². The van der Waals surface area contributed by atoms with Crippen molar-refractivity contribution in [2.75, 3.05) is 13.1 Å². The number of fused-ring (bicyclic) bond motifs is 1. The Bertz CT molecular complexity index is 730. The standard InChI is InChI=1S/C18H24N2O2/c1-11-6-5-7-13-12(2)16(22-15(11)13)17(21)20-9-8-14(19)18(3,4)10-20/h5-7,14H,8-10,19H2,1-4H3. The number of piperidine rings is 1. The van der Waals surface area contributed by atoms with Gasteiger partial charge >= 0.3 is 0 Å². The molecule has 118 valence electrons. The van der Waals surface area contributed by atoms with Crippen LogP contribution in [0.3, 0.4) is 0 Å². The van der Waals surface area contributed by atoms with E-state index in [0.717, 1.165) is 28.5 Å². The van der Waals surface area contributed by atoms with Gasteiger partial charge in [0, 0.05) is 30.1 Å². The number of amides is 1. The third-order valence-corrected chi connectivity index (χ3v) is 4.95. The van der Waals surface area contributed by atoms with Crippen LogP contribution in [0.4, 0.5) is 0 Å². The lowest BCUT2D eigenvalue weighted by Gasteiger charge is -2.42. The van der Waals surface area contributed by atoms with Crippen molar-refractivity contribution in [2.24, 2.45) is 11.1 Å². The van der Waals surface area contributed by atoms with E-state index in [4.69, 9.17) is 10.2 Å². The lowest BCUT2D eigenvalue weighted by atomic mass is 9.79. The van der Waals surface area contributed by atoms with E-state index in [1.165, 1.54) is 0 Å². The molecule has 4 nitrogen and oxygen atoms in total. The maximum Gasteiger partial charge on any atom is 0.289 e. The number of nitrogens with two attached hydrogens (primary N) is 1. The Morgan fingerprint density at radius 1 is 1.36 bits per heavy atom. The van der Waals surface area contributed by atoms with Gasteiger partial charge in [0.1, 0.15) is 5.58 Å². The zero-order chi connectivity index (χ0) is 16.1. The maximum absolute atomic E-state index is 12.9. The molecule has 3 rings (SSSR count). The first kappa shape index (κ1) is 15.1. The average Bonchev–Trinajstić information content (AvgIpc) is 2.80. The predicted molar refractivity (Wildman–Crippen MR) is 88.0 cm³/mol. The van der Waals surface area contributed by atoms with E-state index in [1.54, 1.807) is 0 Å². The zero-order valence-electron chi connectivity index (χ0n) is 13.8. The SMILES string of the molecule is Cc1c(C(=O)N2CCC(N)C(C)(C)C2)oc2c(C)cccc12. The highest BCUT2D eigenvalue weighted by Crippen LogP contribution is 2.32. The van der Waals surface area contributed by atoms with E-state index >= 15 is 0 Å². The van der Waals surface area contributed by atoms with Crippen molar-refractivity contribution in [2.45, 2.75) is 40.2 Å². The first-order valence-electron chi connectivity index (χ1n) is 7.85. The molecule has 1 unspecified atom stereocenters. The van der Waals surface area contributed by atoms with Crippen LogP contribution < -0.4 is 5.73 Å². The summed E-state index contributed by atoms with van der Waals surface area (Å²) in [7, 11) is 0. The number of para-hydroxylation sites is 1. The summed E-state index contributed by atoms with van der Waals surface area (Å²) in [4.78, 5) is 14.8. The van der Waals surface area contributed by atoms with Gasteiger partial charge in [-0.2, -0.15) is 0 Å². The second kappa shape index (κ2) is 5.13. The summed E-state index contributed by atoms with van der Waals surface area (Å²) in [5, 5.41) is 1.02. The topological polar surface area (TPSA) is 59.5 Å². The molecule has 2 heterocycles. The Hall–Kier alpha value is -1.81. The minimum Gasteiger partial charge on any atom is -0.450 e. The molecule has 1 aliphatic rings. The van der Waals surface area contributed by atoms with Crippen LogP contribution in [0.15, 0.2) is 22.6 Å². The number of carbonyl (C=O) groups is 1. The summed E-state index contributed by atoms with van der Waals surface area (Å²) in [5.74, 6) is 0.448. The molecule has 0 saturated carbocycles. The smallest absolute Gasteiger partial charge is 0.289 e. The largest absolute Gasteiger partial charge is 0.450 e. The predicted octanol–water partition coefficient (Wildman–Crippen LogP) is 3.25. The Balaban J connectivity index is 1.96. The Morgan fingerprint density at radius 2 is 2.09 bits per heavy atom. The number of furan rings is 1. The number of carbonyl (C=O) groups excluding carboxylic acids is 1. The molecule has 0 aliphatic carbocycles. The molecule has 1 aromatic heterocycles. The van der Waals surface area contributed by atoms with Crippen molar-refractivity contribution in [3.05, 3.63) is 35.1 Å². The third kappa shape index (κ3) is 2.31. The van der Waals surface area contributed by atoms with E-state index in [0.29, 0.717) is 18.8 Å². The Kier molecular flexibility index (Phi) is 3.52. The van der Waals surface area contributed by atoms with Gasteiger partial charge < -0.3 is 15.1 Å². The van der Waals surface area contributed by atoms with Crippen LogP contribution in [0.2, 0.25) is 0 Å². The van der Waals surface area contributed by atoms with Gasteiger partial charge in [-0.3, -0.25) is 4.79 Å². The number of nitrogens with zero attached hydrogens (tertiary/aromatic N) is 1. The molecule has 1 aromatic carbocycles. The molecule has 2 N–H and O–H groups in total. The summed E-state index contributed by atoms with van der Waals surface area (Å²) in [6.45, 7) is 9.56. The third-order valence-electron chi connectivity index (χ3n) is 4.95. The van der Waals surface area contributed by atoms with Gasteiger partial charge in [0.15, 0.2) is 5.76 Å². The monoisotopic (exact) mass is 300 g/mol. The summed E-state index contributed by atoms with van der Waals surface area (Å²) in [6, 6.07) is 6.14. The van der Waals surface area contributed by atoms with Crippen LogP contribution in [-0.2, 0) is 0 Å². The van der Waals surface area contributed by atoms with E-state index in [1.807, 2.05) is 36.9 Å². The quantitative estimate of drug-likeness (QED) is 0.879. The molecule has 1 amide bonds. The molecule has 1 saturated heterocycles. The van der Waals surface area contributed by atoms with Crippen molar-refractivity contribution in [3.8, 4) is 0 Å². The molecule has 4 heteroatoms. The molecule has 0 radical (unpaired) electrons. The van der Waals surface area contributed by atoms with Crippen LogP contribution in [-0.4, -0.2) is 29.9 Å². The van der Waals surface area contributed by atoms with Crippen molar-refractivity contribution in [1.29, 1.82) is 0 Å². The fraction of sp³-hybridized carbons (Fsp3) is 0.500. The van der Waals surface area contributed by atoms with Gasteiger partial charge in [0.25, 0.3) is 5.91 Å². The number of benzene rings is 1. The van der Waals surface area contributed by atoms with Crippen LogP contribution in [0.1, 0.15) is 41.9 Å². The van der Waals surface area contributed by atoms with Crippen molar-refractivity contribution < 1.29 is 9.21 Å². The number of hydrogen-bond acceptors (Lipinski definition) is 3. The minimum atomic E-state index is -0.0657. The highest BCUT2D eigenvalue weighted by atomic mass is 16.3. The highest BCUT2D eigenvalue weighted by molar-refractivity contribution is 5.99. The molecule has 2 aromatic rings. The molecular formula is C18H24N2O2. The van der Waals surface area contributed by atoms with Gasteiger partial charge in [-0.25, -0.2) is 0 Å². The van der Waals surface area contributed by atoms with Crippen molar-refractivity contribution in [3.63, 3.8) is 0 Å². The van der Waals surface area contributed by atoms with E-state index in [-0.39, 0.29) is 17.4 Å². The average molecular weight is 300 g/mol. The van der Waals surface area contributed by atoms with E-state index in [2.05, 4.69) is 13.8 Å². The molecule has 1 aliphatic heterocycles. The number of aryl methyl sites for hydroxylation is 2. The van der Waals surface area contributed by atoms with Crippen LogP contribution >= 0.6 is 0 Å². The molecule has 0 bridgehead atoms. The number of hydrogen-bond donors (Lipinski definition) is 1. The van der Waals surface area contributed by atoms with Crippen LogP contribution in [0.25, 0.3) is 11.0 Å². The summed E-state index contributed by atoms with van der Waals surface area (Å²) >= 11 is 0. The molecule has 1 atom stereocenters. The van der Waals surface area contributed by atoms with Crippen LogP contribution in [0.5, 0.6) is 0 Å². The molecular weight excluding hydrogens is 276 g/mol. The Labute approximate surface area is 131 Å². The number of likely N-dealkylation sites (tertiary alicyclic amines) is 1. The second-order valence-corrected chi connectivity index (χ2v) is 7.12. The van der Waals surface area contributed by atoms with E-state index < -0.39 is 0 Å².